The third kappa shape index (κ3) is 2.93. The Kier molecular flexibility index (Phi) is 4.38. The number of methoxy groups -OCH3 is 1. The van der Waals surface area contributed by atoms with Crippen molar-refractivity contribution < 1.29 is 26.7 Å². The molecule has 0 fully saturated rings. The Balaban J connectivity index is 2.30. The van der Waals surface area contributed by atoms with E-state index in [1.54, 1.807) is 0 Å². The van der Waals surface area contributed by atoms with Crippen molar-refractivity contribution in [2.24, 2.45) is 0 Å². The van der Waals surface area contributed by atoms with Crippen molar-refractivity contribution in [3.05, 3.63) is 63.6 Å². The van der Waals surface area contributed by atoms with Gasteiger partial charge in [0.2, 0.25) is 9.84 Å². The molecule has 3 rings (SSSR count). The lowest BCUT2D eigenvalue weighted by atomic mass is 10.2. The number of rotatable bonds is 2. The molecule has 2 aromatic rings. The molecule has 0 unspecified atom stereocenters. The maximum Gasteiger partial charge on any atom is 0.351 e. The first kappa shape index (κ1) is 17.6. The Morgan fingerprint density at radius 1 is 1.12 bits per heavy atom. The van der Waals surface area contributed by atoms with Crippen LogP contribution in [0, 0.1) is 11.6 Å². The molecule has 0 spiro atoms. The number of esters is 1. The van der Waals surface area contributed by atoms with Gasteiger partial charge < -0.3 is 9.64 Å². The minimum atomic E-state index is -4.11. The van der Waals surface area contributed by atoms with Gasteiger partial charge in [0.15, 0.2) is 16.5 Å². The molecular weight excluding hydrogens is 420 g/mol. The van der Waals surface area contributed by atoms with E-state index in [-0.39, 0.29) is 16.3 Å². The zero-order chi connectivity index (χ0) is 18.4. The Bertz CT molecular complexity index is 1020. The third-order valence-corrected chi connectivity index (χ3v) is 5.84. The molecule has 2 aromatic carbocycles. The van der Waals surface area contributed by atoms with Gasteiger partial charge in [0.25, 0.3) is 0 Å². The average molecular weight is 430 g/mol. The van der Waals surface area contributed by atoms with Crippen molar-refractivity contribution in [3.63, 3.8) is 0 Å². The highest BCUT2D eigenvalue weighted by atomic mass is 79.9. The monoisotopic (exact) mass is 429 g/mol. The van der Waals surface area contributed by atoms with Crippen molar-refractivity contribution >= 4 is 43.1 Å². The van der Waals surface area contributed by atoms with Crippen LogP contribution in [0.1, 0.15) is 0 Å². The number of anilines is 2. The first-order valence-corrected chi connectivity index (χ1v) is 9.12. The van der Waals surface area contributed by atoms with Crippen LogP contribution in [-0.4, -0.2) is 21.5 Å². The van der Waals surface area contributed by atoms with Crippen LogP contribution in [0.2, 0.25) is 0 Å². The van der Waals surface area contributed by atoms with Crippen LogP contribution in [-0.2, 0) is 19.4 Å². The summed E-state index contributed by atoms with van der Waals surface area (Å²) in [5.74, 6) is -3.20. The van der Waals surface area contributed by atoms with Gasteiger partial charge in [-0.05, 0) is 30.3 Å². The smallest absolute Gasteiger partial charge is 0.351 e. The summed E-state index contributed by atoms with van der Waals surface area (Å²) in [5.41, 5.74) is 0.336. The number of sulfone groups is 1. The van der Waals surface area contributed by atoms with Crippen molar-refractivity contribution in [2.75, 3.05) is 12.0 Å². The highest BCUT2D eigenvalue weighted by Gasteiger charge is 2.36. The van der Waals surface area contributed by atoms with Gasteiger partial charge in [0, 0.05) is 22.4 Å². The number of carbonyl (C=O) groups excluding carboxylic acids is 1. The summed E-state index contributed by atoms with van der Waals surface area (Å²) in [6, 6.07) is 7.41. The third-order valence-electron chi connectivity index (χ3n) is 3.57. The van der Waals surface area contributed by atoms with E-state index in [2.05, 4.69) is 20.7 Å². The molecule has 0 saturated carbocycles. The van der Waals surface area contributed by atoms with E-state index in [4.69, 9.17) is 0 Å². The summed E-state index contributed by atoms with van der Waals surface area (Å²) in [6.45, 7) is 0. The van der Waals surface area contributed by atoms with Crippen LogP contribution in [0.25, 0.3) is 0 Å². The van der Waals surface area contributed by atoms with Gasteiger partial charge in [-0.25, -0.2) is 22.0 Å². The fourth-order valence-corrected chi connectivity index (χ4v) is 4.20. The second-order valence-corrected chi connectivity index (χ2v) is 7.87. The number of fused-ring (bicyclic) bond motifs is 1. The maximum absolute atomic E-state index is 13.6. The maximum atomic E-state index is 13.6. The Labute approximate surface area is 150 Å². The van der Waals surface area contributed by atoms with Crippen molar-refractivity contribution in [3.8, 4) is 0 Å². The lowest BCUT2D eigenvalue weighted by Gasteiger charge is -2.28. The van der Waals surface area contributed by atoms with Crippen LogP contribution in [0.4, 0.5) is 20.2 Å². The number of benzene rings is 2. The molecule has 25 heavy (non-hydrogen) atoms. The summed E-state index contributed by atoms with van der Waals surface area (Å²) >= 11 is 3.24. The average Bonchev–Trinajstić information content (AvgIpc) is 2.56. The molecule has 0 amide bonds. The lowest BCUT2D eigenvalue weighted by molar-refractivity contribution is -0.135. The molecule has 0 bridgehead atoms. The number of carbonyl (C=O) groups is 1. The molecule has 1 aliphatic rings. The zero-order valence-electron chi connectivity index (χ0n) is 12.7. The first-order valence-electron chi connectivity index (χ1n) is 6.85. The van der Waals surface area contributed by atoms with Crippen LogP contribution >= 0.6 is 15.9 Å². The Morgan fingerprint density at radius 2 is 1.84 bits per heavy atom. The SMILES string of the molecule is COC(=O)C1=CN(c2ccc(F)c(F)c2)c2cc(Br)ccc2S1(=O)=O. The molecule has 0 saturated heterocycles. The van der Waals surface area contributed by atoms with E-state index in [9.17, 15) is 22.0 Å². The van der Waals surface area contributed by atoms with Crippen molar-refractivity contribution in [2.45, 2.75) is 4.90 Å². The summed E-state index contributed by atoms with van der Waals surface area (Å²) < 4.78 is 57.3. The van der Waals surface area contributed by atoms with Gasteiger partial charge in [-0.15, -0.1) is 0 Å². The van der Waals surface area contributed by atoms with Gasteiger partial charge in [-0.2, -0.15) is 0 Å². The minimum Gasteiger partial charge on any atom is -0.465 e. The molecular formula is C16H10BrF2NO4S. The minimum absolute atomic E-state index is 0.148. The summed E-state index contributed by atoms with van der Waals surface area (Å²) in [7, 11) is -3.06. The zero-order valence-corrected chi connectivity index (χ0v) is 15.1. The fourth-order valence-electron chi connectivity index (χ4n) is 2.39. The summed E-state index contributed by atoms with van der Waals surface area (Å²) in [4.78, 5) is 12.5. The number of hydrogen-bond donors (Lipinski definition) is 0. The molecule has 5 nitrogen and oxygen atoms in total. The van der Waals surface area contributed by atoms with E-state index >= 15 is 0 Å². The topological polar surface area (TPSA) is 63.7 Å². The van der Waals surface area contributed by atoms with Crippen molar-refractivity contribution in [1.29, 1.82) is 0 Å². The molecule has 0 radical (unpaired) electrons. The molecule has 1 aliphatic heterocycles. The second-order valence-electron chi connectivity index (χ2n) is 5.07. The van der Waals surface area contributed by atoms with E-state index in [1.807, 2.05) is 0 Å². The molecule has 130 valence electrons. The van der Waals surface area contributed by atoms with Crippen LogP contribution in [0.3, 0.4) is 0 Å². The van der Waals surface area contributed by atoms with E-state index < -0.39 is 32.3 Å². The molecule has 0 atom stereocenters. The molecule has 1 heterocycles. The highest BCUT2D eigenvalue weighted by molar-refractivity contribution is 9.10. The van der Waals surface area contributed by atoms with E-state index in [0.29, 0.717) is 4.47 Å². The van der Waals surface area contributed by atoms with Crippen LogP contribution in [0.15, 0.2) is 56.9 Å². The highest BCUT2D eigenvalue weighted by Crippen LogP contribution is 2.41. The molecule has 9 heteroatoms. The number of nitrogens with zero attached hydrogens (tertiary/aromatic N) is 1. The molecule has 0 aromatic heterocycles. The number of ether oxygens (including phenoxy) is 1. The fraction of sp³-hybridized carbons (Fsp3) is 0.0625. The molecule has 0 N–H and O–H groups in total. The summed E-state index contributed by atoms with van der Waals surface area (Å²) in [5, 5.41) is 0. The Morgan fingerprint density at radius 3 is 2.48 bits per heavy atom. The quantitative estimate of drug-likeness (QED) is 0.681. The van der Waals surface area contributed by atoms with Crippen LogP contribution < -0.4 is 4.90 Å². The van der Waals surface area contributed by atoms with Gasteiger partial charge in [-0.3, -0.25) is 0 Å². The Hall–Kier alpha value is -2.26. The predicted octanol–water partition coefficient (Wildman–Crippen LogP) is 3.67. The van der Waals surface area contributed by atoms with Gasteiger partial charge in [-0.1, -0.05) is 15.9 Å². The standard InChI is InChI=1S/C16H10BrF2NO4S/c1-24-16(21)15-8-20(10-3-4-11(18)12(19)7-10)13-6-9(17)2-5-14(13)25(15,22)23/h2-8H,1H3. The van der Waals surface area contributed by atoms with Gasteiger partial charge in [0.05, 0.1) is 17.7 Å². The van der Waals surface area contributed by atoms with Crippen molar-refractivity contribution in [1.82, 2.24) is 0 Å². The van der Waals surface area contributed by atoms with E-state index in [0.717, 1.165) is 25.4 Å². The number of hydrogen-bond acceptors (Lipinski definition) is 5. The van der Waals surface area contributed by atoms with Crippen LogP contribution in [0.5, 0.6) is 0 Å². The molecule has 0 aliphatic carbocycles. The van der Waals surface area contributed by atoms with Gasteiger partial charge in [0.1, 0.15) is 0 Å². The van der Waals surface area contributed by atoms with E-state index in [1.165, 1.54) is 29.2 Å². The predicted molar refractivity (Wildman–Crippen MR) is 89.9 cm³/mol. The normalized spacial score (nSPS) is 15.4. The lowest BCUT2D eigenvalue weighted by Crippen LogP contribution is -2.26. The second kappa shape index (κ2) is 6.23. The first-order chi connectivity index (χ1) is 11.8. The number of halogens is 3. The van der Waals surface area contributed by atoms with Gasteiger partial charge >= 0.3 is 5.97 Å². The summed E-state index contributed by atoms with van der Waals surface area (Å²) in [6.07, 6.45) is 1.03. The largest absolute Gasteiger partial charge is 0.465 e.